The molecule has 5 heteroatoms. The summed E-state index contributed by atoms with van der Waals surface area (Å²) in [6.07, 6.45) is 1.72. The van der Waals surface area contributed by atoms with E-state index in [4.69, 9.17) is 0 Å². The van der Waals surface area contributed by atoms with Crippen LogP contribution in [0.5, 0.6) is 0 Å². The Morgan fingerprint density at radius 1 is 1.53 bits per heavy atom. The van der Waals surface area contributed by atoms with Gasteiger partial charge in [0.2, 0.25) is 0 Å². The van der Waals surface area contributed by atoms with Crippen molar-refractivity contribution in [3.63, 3.8) is 0 Å². The third-order valence-electron chi connectivity index (χ3n) is 1.98. The Kier molecular flexibility index (Phi) is 2.64. The van der Waals surface area contributed by atoms with E-state index in [0.717, 1.165) is 10.6 Å². The SMILES string of the molecule is COC(=O)c1ccc2c(c1)N=CN(C)S2. The third-order valence-corrected chi connectivity index (χ3v) is 2.91. The molecule has 0 amide bonds. The fourth-order valence-electron chi connectivity index (χ4n) is 1.26. The number of benzene rings is 1. The summed E-state index contributed by atoms with van der Waals surface area (Å²) in [6, 6.07) is 5.35. The molecule has 0 radical (unpaired) electrons. The van der Waals surface area contributed by atoms with Crippen molar-refractivity contribution in [3.05, 3.63) is 23.8 Å². The number of nitrogens with zero attached hydrogens (tertiary/aromatic N) is 2. The van der Waals surface area contributed by atoms with E-state index < -0.39 is 0 Å². The van der Waals surface area contributed by atoms with Gasteiger partial charge in [0.25, 0.3) is 0 Å². The zero-order valence-corrected chi connectivity index (χ0v) is 9.25. The molecule has 1 aliphatic rings. The Balaban J connectivity index is 2.37. The van der Waals surface area contributed by atoms with E-state index in [0.29, 0.717) is 5.56 Å². The molecule has 0 fully saturated rings. The molecule has 1 heterocycles. The number of hydrogen-bond acceptors (Lipinski definition) is 5. The summed E-state index contributed by atoms with van der Waals surface area (Å²) in [5.41, 5.74) is 1.33. The molecule has 1 aromatic rings. The molecule has 0 saturated carbocycles. The Labute approximate surface area is 92.1 Å². The highest BCUT2D eigenvalue weighted by atomic mass is 32.2. The van der Waals surface area contributed by atoms with Crippen molar-refractivity contribution in [3.8, 4) is 0 Å². The van der Waals surface area contributed by atoms with Crippen LogP contribution in [0.1, 0.15) is 10.4 Å². The Morgan fingerprint density at radius 2 is 2.33 bits per heavy atom. The minimum Gasteiger partial charge on any atom is -0.465 e. The lowest BCUT2D eigenvalue weighted by Gasteiger charge is -2.18. The second-order valence-corrected chi connectivity index (χ2v) is 4.25. The summed E-state index contributed by atoms with van der Waals surface area (Å²) in [5.74, 6) is -0.336. The van der Waals surface area contributed by atoms with Crippen LogP contribution in [-0.4, -0.2) is 30.8 Å². The number of carbonyl (C=O) groups is 1. The lowest BCUT2D eigenvalue weighted by atomic mass is 10.2. The van der Waals surface area contributed by atoms with E-state index >= 15 is 0 Å². The van der Waals surface area contributed by atoms with Gasteiger partial charge in [0, 0.05) is 7.05 Å². The van der Waals surface area contributed by atoms with Gasteiger partial charge >= 0.3 is 5.97 Å². The van der Waals surface area contributed by atoms with Crippen molar-refractivity contribution < 1.29 is 9.53 Å². The maximum atomic E-state index is 11.3. The largest absolute Gasteiger partial charge is 0.465 e. The van der Waals surface area contributed by atoms with Gasteiger partial charge in [0.05, 0.1) is 23.3 Å². The zero-order valence-electron chi connectivity index (χ0n) is 8.43. The molecule has 0 bridgehead atoms. The molecular weight excluding hydrogens is 212 g/mol. The van der Waals surface area contributed by atoms with Gasteiger partial charge in [-0.15, -0.1) is 0 Å². The molecule has 1 aromatic carbocycles. The van der Waals surface area contributed by atoms with Crippen LogP contribution >= 0.6 is 11.9 Å². The smallest absolute Gasteiger partial charge is 0.337 e. The molecule has 1 aliphatic heterocycles. The molecular formula is C10H10N2O2S. The molecule has 0 aliphatic carbocycles. The number of methoxy groups -OCH3 is 1. The van der Waals surface area contributed by atoms with Crippen LogP contribution in [0, 0.1) is 0 Å². The molecule has 0 spiro atoms. The number of esters is 1. The summed E-state index contributed by atoms with van der Waals surface area (Å²) in [5, 5.41) is 0. The summed E-state index contributed by atoms with van der Waals surface area (Å²) in [4.78, 5) is 16.5. The van der Waals surface area contributed by atoms with Crippen LogP contribution in [-0.2, 0) is 4.74 Å². The van der Waals surface area contributed by atoms with Gasteiger partial charge in [-0.1, -0.05) is 0 Å². The summed E-state index contributed by atoms with van der Waals surface area (Å²) in [6.45, 7) is 0. The molecule has 78 valence electrons. The fraction of sp³-hybridized carbons (Fsp3) is 0.200. The highest BCUT2D eigenvalue weighted by Gasteiger charge is 2.13. The second kappa shape index (κ2) is 3.94. The van der Waals surface area contributed by atoms with Crippen LogP contribution in [0.4, 0.5) is 5.69 Å². The normalized spacial score (nSPS) is 13.6. The van der Waals surface area contributed by atoms with Crippen LogP contribution < -0.4 is 0 Å². The van der Waals surface area contributed by atoms with E-state index in [9.17, 15) is 4.79 Å². The van der Waals surface area contributed by atoms with E-state index in [2.05, 4.69) is 9.73 Å². The van der Waals surface area contributed by atoms with E-state index in [1.165, 1.54) is 7.11 Å². The molecule has 4 nitrogen and oxygen atoms in total. The summed E-state index contributed by atoms with van der Waals surface area (Å²) >= 11 is 1.57. The first-order chi connectivity index (χ1) is 7.20. The lowest BCUT2D eigenvalue weighted by Crippen LogP contribution is -2.09. The average molecular weight is 222 g/mol. The molecule has 0 N–H and O–H groups in total. The molecule has 0 aromatic heterocycles. The van der Waals surface area contributed by atoms with Crippen LogP contribution in [0.25, 0.3) is 0 Å². The number of rotatable bonds is 1. The highest BCUT2D eigenvalue weighted by Crippen LogP contribution is 2.34. The first-order valence-electron chi connectivity index (χ1n) is 4.38. The van der Waals surface area contributed by atoms with Crippen LogP contribution in [0.15, 0.2) is 28.1 Å². The predicted octanol–water partition coefficient (Wildman–Crippen LogP) is 2.09. The number of ether oxygens (including phenoxy) is 1. The molecule has 0 saturated heterocycles. The topological polar surface area (TPSA) is 41.9 Å². The predicted molar refractivity (Wildman–Crippen MR) is 59.6 cm³/mol. The van der Waals surface area contributed by atoms with E-state index in [1.807, 2.05) is 17.4 Å². The minimum atomic E-state index is -0.336. The van der Waals surface area contributed by atoms with Gasteiger partial charge in [0.15, 0.2) is 0 Å². The maximum absolute atomic E-state index is 11.3. The Bertz CT molecular complexity index is 431. The van der Waals surface area contributed by atoms with Gasteiger partial charge in [0.1, 0.15) is 6.34 Å². The van der Waals surface area contributed by atoms with Gasteiger partial charge in [-0.25, -0.2) is 9.79 Å². The molecule has 0 unspecified atom stereocenters. The van der Waals surface area contributed by atoms with Crippen molar-refractivity contribution in [2.24, 2.45) is 4.99 Å². The fourth-order valence-corrected chi connectivity index (χ4v) is 2.00. The zero-order chi connectivity index (χ0) is 10.8. The highest BCUT2D eigenvalue weighted by molar-refractivity contribution is 7.97. The monoisotopic (exact) mass is 222 g/mol. The first kappa shape index (κ1) is 10.0. The number of hydrogen-bond donors (Lipinski definition) is 0. The van der Waals surface area contributed by atoms with E-state index in [1.54, 1.807) is 30.4 Å². The molecule has 0 atom stereocenters. The van der Waals surface area contributed by atoms with Gasteiger partial charge in [-0.3, -0.25) is 0 Å². The quantitative estimate of drug-likeness (QED) is 0.539. The third kappa shape index (κ3) is 1.97. The van der Waals surface area contributed by atoms with Gasteiger partial charge in [-0.05, 0) is 30.1 Å². The number of carbonyl (C=O) groups excluding carboxylic acids is 1. The van der Waals surface area contributed by atoms with Gasteiger partial charge in [-0.2, -0.15) is 0 Å². The van der Waals surface area contributed by atoms with Crippen molar-refractivity contribution >= 4 is 29.9 Å². The first-order valence-corrected chi connectivity index (χ1v) is 5.15. The van der Waals surface area contributed by atoms with Crippen molar-refractivity contribution in [2.45, 2.75) is 4.90 Å². The Hall–Kier alpha value is -1.49. The molecule has 15 heavy (non-hydrogen) atoms. The minimum absolute atomic E-state index is 0.336. The second-order valence-electron chi connectivity index (χ2n) is 3.06. The lowest BCUT2D eigenvalue weighted by molar-refractivity contribution is 0.0600. The average Bonchev–Trinajstić information content (AvgIpc) is 2.27. The Morgan fingerprint density at radius 3 is 3.07 bits per heavy atom. The maximum Gasteiger partial charge on any atom is 0.337 e. The van der Waals surface area contributed by atoms with Crippen LogP contribution in [0.3, 0.4) is 0 Å². The van der Waals surface area contributed by atoms with Crippen molar-refractivity contribution in [1.82, 2.24) is 4.31 Å². The van der Waals surface area contributed by atoms with E-state index in [-0.39, 0.29) is 5.97 Å². The number of fused-ring (bicyclic) bond motifs is 1. The van der Waals surface area contributed by atoms with Crippen LogP contribution in [0.2, 0.25) is 0 Å². The summed E-state index contributed by atoms with van der Waals surface area (Å²) < 4.78 is 6.54. The summed E-state index contributed by atoms with van der Waals surface area (Å²) in [7, 11) is 3.29. The standard InChI is InChI=1S/C10H10N2O2S/c1-12-6-11-8-5-7(10(13)14-2)3-4-9(8)15-12/h3-6H,1-2H3. The molecule has 2 rings (SSSR count). The van der Waals surface area contributed by atoms with Crippen molar-refractivity contribution in [1.29, 1.82) is 0 Å². The number of aliphatic imine (C=N–C) groups is 1. The van der Waals surface area contributed by atoms with Crippen molar-refractivity contribution in [2.75, 3.05) is 14.2 Å². The van der Waals surface area contributed by atoms with Gasteiger partial charge < -0.3 is 9.04 Å².